The van der Waals surface area contributed by atoms with Gasteiger partial charge in [-0.3, -0.25) is 0 Å². The summed E-state index contributed by atoms with van der Waals surface area (Å²) in [6.07, 6.45) is 0.964. The first-order chi connectivity index (χ1) is 16.3. The van der Waals surface area contributed by atoms with E-state index in [0.717, 1.165) is 6.42 Å². The Hall–Kier alpha value is -3.62. The molecule has 2 heteroatoms. The van der Waals surface area contributed by atoms with Crippen LogP contribution in [0.4, 0.5) is 0 Å². The van der Waals surface area contributed by atoms with Gasteiger partial charge in [0.1, 0.15) is 0 Å². The van der Waals surface area contributed by atoms with Crippen LogP contribution in [0.3, 0.4) is 0 Å². The summed E-state index contributed by atoms with van der Waals surface area (Å²) >= 11 is 3.77. The highest BCUT2D eigenvalue weighted by Gasteiger charge is 2.23. The fourth-order valence-corrected chi connectivity index (χ4v) is 5.97. The van der Waals surface area contributed by atoms with Gasteiger partial charge in [-0.15, -0.1) is 0 Å². The molecule has 6 aromatic rings. The third kappa shape index (κ3) is 2.77. The third-order valence-corrected chi connectivity index (χ3v) is 7.68. The average Bonchev–Trinajstić information content (AvgIpc) is 3.41. The van der Waals surface area contributed by atoms with Crippen molar-refractivity contribution in [3.63, 3.8) is 0 Å². The number of benzene rings is 5. The molecule has 0 saturated heterocycles. The van der Waals surface area contributed by atoms with Crippen LogP contribution in [0, 0.1) is 0 Å². The van der Waals surface area contributed by atoms with E-state index in [0.29, 0.717) is 0 Å². The fourth-order valence-electron chi connectivity index (χ4n) is 5.46. The zero-order valence-corrected chi connectivity index (χ0v) is 19.5. The Bertz CT molecular complexity index is 1690. The zero-order valence-electron chi connectivity index (χ0n) is 17.9. The standard InChI is InChI=1S/C31H20BrN/c32-29-14-7-13-24-23-12-6-11-22(26(23)19-27(24)29)20-16-17-31-28(18-20)25-10-4-5-15-30(25)33(31)21-8-2-1-3-9-21/h1-18H,19H2. The molecule has 1 nitrogen and oxygen atoms in total. The van der Waals surface area contributed by atoms with Crippen LogP contribution in [0.2, 0.25) is 0 Å². The number of rotatable bonds is 2. The SMILES string of the molecule is Brc1cccc2c1Cc1c(-c3ccc4c(c3)c3ccccc3n4-c3ccccc3)cccc1-2. The lowest BCUT2D eigenvalue weighted by Crippen LogP contribution is -1.93. The number of aromatic nitrogens is 1. The van der Waals surface area contributed by atoms with Gasteiger partial charge in [-0.25, -0.2) is 0 Å². The molecule has 1 aliphatic rings. The van der Waals surface area contributed by atoms with Gasteiger partial charge in [0.05, 0.1) is 11.0 Å². The Kier molecular flexibility index (Phi) is 4.12. The summed E-state index contributed by atoms with van der Waals surface area (Å²) in [6.45, 7) is 0. The van der Waals surface area contributed by atoms with Gasteiger partial charge in [-0.05, 0) is 69.8 Å². The van der Waals surface area contributed by atoms with Crippen LogP contribution in [-0.2, 0) is 6.42 Å². The van der Waals surface area contributed by atoms with Crippen molar-refractivity contribution in [1.82, 2.24) is 4.57 Å². The Labute approximate surface area is 201 Å². The molecule has 0 atom stereocenters. The first-order valence-corrected chi connectivity index (χ1v) is 12.1. The van der Waals surface area contributed by atoms with Gasteiger partial charge in [0.25, 0.3) is 0 Å². The summed E-state index contributed by atoms with van der Waals surface area (Å²) in [4.78, 5) is 0. The maximum atomic E-state index is 3.77. The lowest BCUT2D eigenvalue weighted by Gasteiger charge is -2.11. The molecule has 0 saturated carbocycles. The van der Waals surface area contributed by atoms with E-state index in [2.05, 4.69) is 130 Å². The largest absolute Gasteiger partial charge is 0.309 e. The molecule has 0 fully saturated rings. The second kappa shape index (κ2) is 7.19. The number of para-hydroxylation sites is 2. The molecule has 0 spiro atoms. The smallest absolute Gasteiger partial charge is 0.0541 e. The van der Waals surface area contributed by atoms with Crippen LogP contribution in [0.15, 0.2) is 114 Å². The van der Waals surface area contributed by atoms with Crippen molar-refractivity contribution in [2.75, 3.05) is 0 Å². The van der Waals surface area contributed by atoms with Crippen LogP contribution in [0.25, 0.3) is 49.7 Å². The topological polar surface area (TPSA) is 4.93 Å². The van der Waals surface area contributed by atoms with Gasteiger partial charge >= 0.3 is 0 Å². The van der Waals surface area contributed by atoms with Crippen LogP contribution < -0.4 is 0 Å². The number of halogens is 1. The maximum Gasteiger partial charge on any atom is 0.0541 e. The van der Waals surface area contributed by atoms with Crippen molar-refractivity contribution in [3.8, 4) is 27.9 Å². The molecule has 0 radical (unpaired) electrons. The van der Waals surface area contributed by atoms with Crippen molar-refractivity contribution >= 4 is 37.7 Å². The second-order valence-electron chi connectivity index (χ2n) is 8.69. The third-order valence-electron chi connectivity index (χ3n) is 6.94. The van der Waals surface area contributed by atoms with Gasteiger partial charge in [0.15, 0.2) is 0 Å². The molecule has 0 amide bonds. The van der Waals surface area contributed by atoms with Crippen molar-refractivity contribution < 1.29 is 0 Å². The number of nitrogens with zero attached hydrogens (tertiary/aromatic N) is 1. The first kappa shape index (κ1) is 18.9. The Morgan fingerprint density at radius 3 is 2.12 bits per heavy atom. The van der Waals surface area contributed by atoms with E-state index in [1.165, 1.54) is 65.3 Å². The predicted molar refractivity (Wildman–Crippen MR) is 142 cm³/mol. The first-order valence-electron chi connectivity index (χ1n) is 11.3. The summed E-state index contributed by atoms with van der Waals surface area (Å²) in [5.41, 5.74) is 11.8. The van der Waals surface area contributed by atoms with E-state index in [9.17, 15) is 0 Å². The predicted octanol–water partition coefficient (Wildman–Crippen LogP) is 8.78. The minimum absolute atomic E-state index is 0.964. The van der Waals surface area contributed by atoms with Crippen LogP contribution in [-0.4, -0.2) is 4.57 Å². The van der Waals surface area contributed by atoms with E-state index in [-0.39, 0.29) is 0 Å². The monoisotopic (exact) mass is 485 g/mol. The van der Waals surface area contributed by atoms with Crippen LogP contribution in [0.5, 0.6) is 0 Å². The molecule has 1 aromatic heterocycles. The summed E-state index contributed by atoms with van der Waals surface area (Å²) in [5.74, 6) is 0. The quantitative estimate of drug-likeness (QED) is 0.230. The summed E-state index contributed by atoms with van der Waals surface area (Å²) in [5, 5.41) is 2.58. The zero-order chi connectivity index (χ0) is 21.9. The Morgan fingerprint density at radius 2 is 1.24 bits per heavy atom. The Balaban J connectivity index is 1.47. The molecule has 7 rings (SSSR count). The van der Waals surface area contributed by atoms with Gasteiger partial charge in [0.2, 0.25) is 0 Å². The van der Waals surface area contributed by atoms with E-state index < -0.39 is 0 Å². The molecule has 0 unspecified atom stereocenters. The van der Waals surface area contributed by atoms with Crippen molar-refractivity contribution in [1.29, 1.82) is 0 Å². The summed E-state index contributed by atoms with van der Waals surface area (Å²) < 4.78 is 3.57. The van der Waals surface area contributed by atoms with Gasteiger partial charge in [0, 0.05) is 27.4 Å². The maximum absolute atomic E-state index is 3.77. The fraction of sp³-hybridized carbons (Fsp3) is 0.0323. The highest BCUT2D eigenvalue weighted by molar-refractivity contribution is 9.10. The molecule has 1 aliphatic carbocycles. The normalized spacial score (nSPS) is 12.3. The highest BCUT2D eigenvalue weighted by atomic mass is 79.9. The second-order valence-corrected chi connectivity index (χ2v) is 9.55. The van der Waals surface area contributed by atoms with Crippen LogP contribution in [0.1, 0.15) is 11.1 Å². The summed E-state index contributed by atoms with van der Waals surface area (Å²) in [7, 11) is 0. The van der Waals surface area contributed by atoms with E-state index >= 15 is 0 Å². The molecule has 0 aliphatic heterocycles. The van der Waals surface area contributed by atoms with Gasteiger partial charge < -0.3 is 4.57 Å². The molecule has 0 bridgehead atoms. The molecular weight excluding hydrogens is 466 g/mol. The highest BCUT2D eigenvalue weighted by Crippen LogP contribution is 2.45. The van der Waals surface area contributed by atoms with Crippen molar-refractivity contribution in [3.05, 3.63) is 125 Å². The van der Waals surface area contributed by atoms with E-state index in [1.54, 1.807) is 0 Å². The van der Waals surface area contributed by atoms with Crippen molar-refractivity contribution in [2.24, 2.45) is 0 Å². The number of hydrogen-bond acceptors (Lipinski definition) is 0. The lowest BCUT2D eigenvalue weighted by atomic mass is 9.95. The number of hydrogen-bond donors (Lipinski definition) is 0. The van der Waals surface area contributed by atoms with Crippen LogP contribution >= 0.6 is 15.9 Å². The molecular formula is C31H20BrN. The van der Waals surface area contributed by atoms with Crippen molar-refractivity contribution in [2.45, 2.75) is 6.42 Å². The molecule has 5 aromatic carbocycles. The Morgan fingerprint density at radius 1 is 0.545 bits per heavy atom. The lowest BCUT2D eigenvalue weighted by molar-refractivity contribution is 1.18. The summed E-state index contributed by atoms with van der Waals surface area (Å²) in [6, 6.07) is 39.6. The molecule has 1 heterocycles. The number of fused-ring (bicyclic) bond motifs is 6. The molecule has 0 N–H and O–H groups in total. The van der Waals surface area contributed by atoms with E-state index in [1.807, 2.05) is 0 Å². The minimum atomic E-state index is 0.964. The molecule has 156 valence electrons. The average molecular weight is 486 g/mol. The minimum Gasteiger partial charge on any atom is -0.309 e. The van der Waals surface area contributed by atoms with Gasteiger partial charge in [-0.1, -0.05) is 88.7 Å². The van der Waals surface area contributed by atoms with E-state index in [4.69, 9.17) is 0 Å². The van der Waals surface area contributed by atoms with Gasteiger partial charge in [-0.2, -0.15) is 0 Å². The molecule has 33 heavy (non-hydrogen) atoms.